The van der Waals surface area contributed by atoms with Crippen LogP contribution in [0.15, 0.2) is 52.6 Å². The van der Waals surface area contributed by atoms with E-state index in [2.05, 4.69) is 10.1 Å². The van der Waals surface area contributed by atoms with Crippen LogP contribution < -0.4 is 0 Å². The van der Waals surface area contributed by atoms with Crippen LogP contribution in [-0.4, -0.2) is 36.5 Å². The molecular formula is C19H17N5O3S. The minimum atomic E-state index is -3.64. The highest BCUT2D eigenvalue weighted by atomic mass is 32.2. The van der Waals surface area contributed by atoms with Crippen molar-refractivity contribution in [2.24, 2.45) is 5.16 Å². The second-order valence-electron chi connectivity index (χ2n) is 6.12. The number of sulfonamides is 1. The predicted octanol–water partition coefficient (Wildman–Crippen LogP) is 2.18. The first-order valence-corrected chi connectivity index (χ1v) is 10.00. The molecule has 0 saturated carbocycles. The van der Waals surface area contributed by atoms with Crippen LogP contribution in [0.1, 0.15) is 29.7 Å². The Morgan fingerprint density at radius 1 is 1.11 bits per heavy atom. The lowest BCUT2D eigenvalue weighted by atomic mass is 10.1. The van der Waals surface area contributed by atoms with Gasteiger partial charge in [-0.15, -0.1) is 0 Å². The van der Waals surface area contributed by atoms with E-state index < -0.39 is 10.0 Å². The average Bonchev–Trinajstić information content (AvgIpc) is 2.74. The molecule has 2 heterocycles. The number of rotatable bonds is 5. The van der Waals surface area contributed by atoms with Crippen LogP contribution in [0.5, 0.6) is 0 Å². The zero-order chi connectivity index (χ0) is 20.0. The number of piperidine rings is 1. The molecule has 9 heteroatoms. The van der Waals surface area contributed by atoms with Crippen LogP contribution >= 0.6 is 0 Å². The zero-order valence-electron chi connectivity index (χ0n) is 14.9. The van der Waals surface area contributed by atoms with Gasteiger partial charge in [0, 0.05) is 32.1 Å². The molecular weight excluding hydrogens is 378 g/mol. The maximum atomic E-state index is 12.7. The molecule has 0 atom stereocenters. The lowest BCUT2D eigenvalue weighted by molar-refractivity contribution is 0.125. The Hall–Kier alpha value is -3.27. The minimum Gasteiger partial charge on any atom is -0.389 e. The quantitative estimate of drug-likeness (QED) is 0.716. The molecule has 142 valence electrons. The fourth-order valence-electron chi connectivity index (χ4n) is 2.77. The third-order valence-electron chi connectivity index (χ3n) is 4.25. The van der Waals surface area contributed by atoms with Crippen LogP contribution in [0.25, 0.3) is 0 Å². The van der Waals surface area contributed by atoms with Crippen molar-refractivity contribution in [2.75, 3.05) is 13.1 Å². The highest BCUT2D eigenvalue weighted by Crippen LogP contribution is 2.20. The van der Waals surface area contributed by atoms with E-state index in [9.17, 15) is 8.42 Å². The predicted molar refractivity (Wildman–Crippen MR) is 100 cm³/mol. The highest BCUT2D eigenvalue weighted by molar-refractivity contribution is 7.89. The number of pyridine rings is 1. The van der Waals surface area contributed by atoms with Crippen molar-refractivity contribution in [3.05, 3.63) is 59.4 Å². The number of oxime groups is 1. The number of nitriles is 2. The monoisotopic (exact) mass is 395 g/mol. The second kappa shape index (κ2) is 8.61. The standard InChI is InChI=1S/C19H17N5O3S/c20-12-15-2-1-3-19(11-15)28(25,26)24-8-5-17(6-9-24)23-27-14-18-10-16(13-21)4-7-22-18/h1-4,7,10-11H,5-6,8-9,14H2. The van der Waals surface area contributed by atoms with Crippen molar-refractivity contribution in [3.63, 3.8) is 0 Å². The van der Waals surface area contributed by atoms with Crippen LogP contribution in [-0.2, 0) is 21.5 Å². The van der Waals surface area contributed by atoms with E-state index >= 15 is 0 Å². The molecule has 1 aromatic carbocycles. The van der Waals surface area contributed by atoms with Gasteiger partial charge >= 0.3 is 0 Å². The molecule has 2 aromatic rings. The number of aromatic nitrogens is 1. The van der Waals surface area contributed by atoms with Gasteiger partial charge in [0.1, 0.15) is 0 Å². The molecule has 0 radical (unpaired) electrons. The lowest BCUT2D eigenvalue weighted by Gasteiger charge is -2.26. The Balaban J connectivity index is 1.58. The van der Waals surface area contributed by atoms with E-state index in [1.165, 1.54) is 22.6 Å². The first-order chi connectivity index (χ1) is 13.5. The fraction of sp³-hybridized carbons (Fsp3) is 0.263. The Bertz CT molecular complexity index is 1070. The summed E-state index contributed by atoms with van der Waals surface area (Å²) in [5.41, 5.74) is 2.18. The van der Waals surface area contributed by atoms with Crippen LogP contribution in [0.2, 0.25) is 0 Å². The van der Waals surface area contributed by atoms with E-state index in [1.807, 2.05) is 12.1 Å². The van der Waals surface area contributed by atoms with Crippen molar-refractivity contribution < 1.29 is 13.3 Å². The van der Waals surface area contributed by atoms with Crippen molar-refractivity contribution in [2.45, 2.75) is 24.3 Å². The molecule has 1 aliphatic rings. The van der Waals surface area contributed by atoms with Crippen molar-refractivity contribution in [1.82, 2.24) is 9.29 Å². The minimum absolute atomic E-state index is 0.117. The van der Waals surface area contributed by atoms with Gasteiger partial charge in [0.15, 0.2) is 6.61 Å². The summed E-state index contributed by atoms with van der Waals surface area (Å²) in [5.74, 6) is 0. The summed E-state index contributed by atoms with van der Waals surface area (Å²) in [5, 5.41) is 21.9. The Kier molecular flexibility index (Phi) is 5.99. The highest BCUT2D eigenvalue weighted by Gasteiger charge is 2.28. The molecule has 28 heavy (non-hydrogen) atoms. The van der Waals surface area contributed by atoms with E-state index in [1.54, 1.807) is 24.3 Å². The molecule has 8 nitrogen and oxygen atoms in total. The van der Waals surface area contributed by atoms with Gasteiger partial charge < -0.3 is 4.84 Å². The number of hydrogen-bond donors (Lipinski definition) is 0. The summed E-state index contributed by atoms with van der Waals surface area (Å²) in [7, 11) is -3.64. The largest absolute Gasteiger partial charge is 0.389 e. The molecule has 0 N–H and O–H groups in total. The molecule has 0 amide bonds. The Morgan fingerprint density at radius 3 is 2.54 bits per heavy atom. The topological polar surface area (TPSA) is 119 Å². The van der Waals surface area contributed by atoms with E-state index in [0.29, 0.717) is 42.8 Å². The summed E-state index contributed by atoms with van der Waals surface area (Å²) in [6.07, 6.45) is 2.46. The molecule has 1 aromatic heterocycles. The van der Waals surface area contributed by atoms with Gasteiger partial charge in [-0.05, 0) is 30.3 Å². The van der Waals surface area contributed by atoms with Gasteiger partial charge in [-0.25, -0.2) is 8.42 Å². The molecule has 1 fully saturated rings. The van der Waals surface area contributed by atoms with Gasteiger partial charge in [0.05, 0.1) is 39.6 Å². The third-order valence-corrected chi connectivity index (χ3v) is 6.15. The lowest BCUT2D eigenvalue weighted by Crippen LogP contribution is -2.38. The van der Waals surface area contributed by atoms with Gasteiger partial charge in [0.2, 0.25) is 10.0 Å². The van der Waals surface area contributed by atoms with Gasteiger partial charge in [0.25, 0.3) is 0 Å². The van der Waals surface area contributed by atoms with Gasteiger partial charge in [-0.2, -0.15) is 14.8 Å². The summed E-state index contributed by atoms with van der Waals surface area (Å²) >= 11 is 0. The van der Waals surface area contributed by atoms with Crippen LogP contribution in [0.3, 0.4) is 0 Å². The second-order valence-corrected chi connectivity index (χ2v) is 8.06. The molecule has 0 unspecified atom stereocenters. The summed E-state index contributed by atoms with van der Waals surface area (Å²) in [6.45, 7) is 0.731. The van der Waals surface area contributed by atoms with E-state index in [-0.39, 0.29) is 11.5 Å². The number of hydrogen-bond acceptors (Lipinski definition) is 7. The van der Waals surface area contributed by atoms with Crippen LogP contribution in [0.4, 0.5) is 0 Å². The van der Waals surface area contributed by atoms with E-state index in [4.69, 9.17) is 15.4 Å². The number of nitrogens with zero attached hydrogens (tertiary/aromatic N) is 5. The maximum absolute atomic E-state index is 12.7. The summed E-state index contributed by atoms with van der Waals surface area (Å²) in [6, 6.07) is 13.2. The first kappa shape index (κ1) is 19.5. The average molecular weight is 395 g/mol. The number of benzene rings is 1. The fourth-order valence-corrected chi connectivity index (χ4v) is 4.26. The van der Waals surface area contributed by atoms with Crippen LogP contribution in [0, 0.1) is 22.7 Å². The van der Waals surface area contributed by atoms with Crippen molar-refractivity contribution in [1.29, 1.82) is 10.5 Å². The SMILES string of the molecule is N#Cc1cccc(S(=O)(=O)N2CCC(=NOCc3cc(C#N)ccn3)CC2)c1. The maximum Gasteiger partial charge on any atom is 0.243 e. The molecule has 1 saturated heterocycles. The summed E-state index contributed by atoms with van der Waals surface area (Å²) < 4.78 is 26.9. The van der Waals surface area contributed by atoms with Gasteiger partial charge in [-0.1, -0.05) is 11.2 Å². The van der Waals surface area contributed by atoms with Gasteiger partial charge in [-0.3, -0.25) is 4.98 Å². The van der Waals surface area contributed by atoms with E-state index in [0.717, 1.165) is 5.71 Å². The third kappa shape index (κ3) is 4.52. The zero-order valence-corrected chi connectivity index (χ0v) is 15.8. The summed E-state index contributed by atoms with van der Waals surface area (Å²) in [4.78, 5) is 9.53. The molecule has 0 bridgehead atoms. The molecule has 1 aliphatic heterocycles. The Labute approximate surface area is 163 Å². The van der Waals surface area contributed by atoms with Crippen molar-refractivity contribution >= 4 is 15.7 Å². The first-order valence-electron chi connectivity index (χ1n) is 8.56. The normalized spacial score (nSPS) is 14.7. The smallest absolute Gasteiger partial charge is 0.243 e. The molecule has 0 spiro atoms. The molecule has 3 rings (SSSR count). The van der Waals surface area contributed by atoms with Crippen molar-refractivity contribution in [3.8, 4) is 12.1 Å². The molecule has 0 aliphatic carbocycles. The Morgan fingerprint density at radius 2 is 1.82 bits per heavy atom.